The standard InChI is InChI=1S/C13H19FN4O2/c14-10-5-12(6-15)18(8-10)13(20)7-16-11-1-3-17(9-19)4-2-11/h9-12,16H,1-5,7-8H2. The molecule has 2 heterocycles. The molecule has 20 heavy (non-hydrogen) atoms. The van der Waals surface area contributed by atoms with Gasteiger partial charge in [0.1, 0.15) is 12.2 Å². The number of hydrogen-bond acceptors (Lipinski definition) is 4. The van der Waals surface area contributed by atoms with Gasteiger partial charge in [0, 0.05) is 25.6 Å². The highest BCUT2D eigenvalue weighted by Gasteiger charge is 2.35. The van der Waals surface area contributed by atoms with E-state index in [1.165, 1.54) is 4.90 Å². The third kappa shape index (κ3) is 3.45. The van der Waals surface area contributed by atoms with Crippen molar-refractivity contribution in [3.8, 4) is 6.07 Å². The van der Waals surface area contributed by atoms with E-state index in [9.17, 15) is 14.0 Å². The van der Waals surface area contributed by atoms with Crippen molar-refractivity contribution in [1.29, 1.82) is 5.26 Å². The number of piperidine rings is 1. The molecule has 2 aliphatic heterocycles. The van der Waals surface area contributed by atoms with Crippen molar-refractivity contribution in [3.05, 3.63) is 0 Å². The van der Waals surface area contributed by atoms with E-state index in [1.807, 2.05) is 6.07 Å². The van der Waals surface area contributed by atoms with Gasteiger partial charge in [0.2, 0.25) is 12.3 Å². The molecule has 7 heteroatoms. The Hall–Kier alpha value is -1.68. The van der Waals surface area contributed by atoms with Crippen molar-refractivity contribution < 1.29 is 14.0 Å². The summed E-state index contributed by atoms with van der Waals surface area (Å²) in [6.45, 7) is 1.51. The number of amides is 2. The number of hydrogen-bond donors (Lipinski definition) is 1. The number of likely N-dealkylation sites (tertiary alicyclic amines) is 2. The van der Waals surface area contributed by atoms with Gasteiger partial charge in [0.15, 0.2) is 0 Å². The van der Waals surface area contributed by atoms with Crippen LogP contribution in [0.5, 0.6) is 0 Å². The predicted octanol–water partition coefficient (Wildman–Crippen LogP) is -0.341. The minimum atomic E-state index is -1.10. The van der Waals surface area contributed by atoms with E-state index in [2.05, 4.69) is 5.32 Å². The van der Waals surface area contributed by atoms with Crippen LogP contribution in [0.25, 0.3) is 0 Å². The average Bonchev–Trinajstić information content (AvgIpc) is 2.86. The lowest BCUT2D eigenvalue weighted by Crippen LogP contribution is -2.47. The number of carbonyl (C=O) groups excluding carboxylic acids is 2. The van der Waals surface area contributed by atoms with E-state index in [-0.39, 0.29) is 31.5 Å². The van der Waals surface area contributed by atoms with Crippen molar-refractivity contribution in [1.82, 2.24) is 15.1 Å². The fourth-order valence-corrected chi connectivity index (χ4v) is 2.72. The Kier molecular flexibility index (Phi) is 4.90. The molecule has 2 rings (SSSR count). The van der Waals surface area contributed by atoms with Gasteiger partial charge in [-0.15, -0.1) is 0 Å². The second kappa shape index (κ2) is 6.66. The van der Waals surface area contributed by atoms with Crippen LogP contribution in [0.15, 0.2) is 0 Å². The minimum Gasteiger partial charge on any atom is -0.345 e. The largest absolute Gasteiger partial charge is 0.345 e. The zero-order chi connectivity index (χ0) is 14.5. The predicted molar refractivity (Wildman–Crippen MR) is 69.3 cm³/mol. The Labute approximate surface area is 117 Å². The molecule has 2 unspecified atom stereocenters. The molecule has 0 aliphatic carbocycles. The Morgan fingerprint density at radius 2 is 2.15 bits per heavy atom. The van der Waals surface area contributed by atoms with E-state index in [4.69, 9.17) is 5.26 Å². The van der Waals surface area contributed by atoms with Crippen molar-refractivity contribution >= 4 is 12.3 Å². The second-order valence-electron chi connectivity index (χ2n) is 5.32. The Balaban J connectivity index is 1.75. The van der Waals surface area contributed by atoms with Gasteiger partial charge in [-0.1, -0.05) is 0 Å². The summed E-state index contributed by atoms with van der Waals surface area (Å²) in [5, 5.41) is 12.0. The molecule has 2 atom stereocenters. The summed E-state index contributed by atoms with van der Waals surface area (Å²) in [6, 6.07) is 1.52. The number of nitrogens with one attached hydrogen (secondary N) is 1. The van der Waals surface area contributed by atoms with Crippen LogP contribution in [0.2, 0.25) is 0 Å². The molecule has 2 fully saturated rings. The second-order valence-corrected chi connectivity index (χ2v) is 5.32. The monoisotopic (exact) mass is 282 g/mol. The maximum absolute atomic E-state index is 13.2. The first-order chi connectivity index (χ1) is 9.63. The number of carbonyl (C=O) groups is 2. The summed E-state index contributed by atoms with van der Waals surface area (Å²) in [7, 11) is 0. The van der Waals surface area contributed by atoms with Crippen molar-refractivity contribution in [3.63, 3.8) is 0 Å². The summed E-state index contributed by atoms with van der Waals surface area (Å²) >= 11 is 0. The molecule has 0 saturated carbocycles. The lowest BCUT2D eigenvalue weighted by molar-refractivity contribution is -0.130. The van der Waals surface area contributed by atoms with Gasteiger partial charge in [-0.2, -0.15) is 5.26 Å². The van der Waals surface area contributed by atoms with Crippen LogP contribution >= 0.6 is 0 Å². The van der Waals surface area contributed by atoms with Gasteiger partial charge >= 0.3 is 0 Å². The van der Waals surface area contributed by atoms with Gasteiger partial charge in [-0.05, 0) is 12.8 Å². The molecule has 0 aromatic rings. The fraction of sp³-hybridized carbons (Fsp3) is 0.769. The van der Waals surface area contributed by atoms with E-state index >= 15 is 0 Å². The Morgan fingerprint density at radius 3 is 2.75 bits per heavy atom. The molecule has 2 saturated heterocycles. The molecular formula is C13H19FN4O2. The zero-order valence-electron chi connectivity index (χ0n) is 11.3. The van der Waals surface area contributed by atoms with Crippen molar-refractivity contribution in [2.75, 3.05) is 26.2 Å². The summed E-state index contributed by atoms with van der Waals surface area (Å²) in [4.78, 5) is 25.6. The highest BCUT2D eigenvalue weighted by atomic mass is 19.1. The Bertz CT molecular complexity index is 404. The Morgan fingerprint density at radius 1 is 1.45 bits per heavy atom. The first kappa shape index (κ1) is 14.7. The maximum Gasteiger partial charge on any atom is 0.237 e. The van der Waals surface area contributed by atoms with Gasteiger partial charge < -0.3 is 15.1 Å². The molecule has 1 N–H and O–H groups in total. The number of rotatable bonds is 4. The zero-order valence-corrected chi connectivity index (χ0v) is 11.3. The van der Waals surface area contributed by atoms with Gasteiger partial charge in [0.25, 0.3) is 0 Å². The lowest BCUT2D eigenvalue weighted by Gasteiger charge is -2.30. The fourth-order valence-electron chi connectivity index (χ4n) is 2.72. The van der Waals surface area contributed by atoms with Crippen LogP contribution in [0, 0.1) is 11.3 Å². The molecule has 110 valence electrons. The van der Waals surface area contributed by atoms with E-state index in [0.29, 0.717) is 13.1 Å². The molecule has 0 radical (unpaired) electrons. The molecule has 0 aromatic carbocycles. The normalized spacial score (nSPS) is 27.4. The SMILES string of the molecule is N#CC1CC(F)CN1C(=O)CNC1CCN(C=O)CC1. The summed E-state index contributed by atoms with van der Waals surface area (Å²) < 4.78 is 13.2. The molecule has 0 spiro atoms. The van der Waals surface area contributed by atoms with Crippen LogP contribution < -0.4 is 5.32 Å². The first-order valence-electron chi connectivity index (χ1n) is 6.90. The molecule has 0 bridgehead atoms. The molecule has 2 aliphatic rings. The number of nitriles is 1. The van der Waals surface area contributed by atoms with Crippen LogP contribution in [0.4, 0.5) is 4.39 Å². The average molecular weight is 282 g/mol. The smallest absolute Gasteiger partial charge is 0.237 e. The van der Waals surface area contributed by atoms with E-state index in [1.54, 1.807) is 4.90 Å². The van der Waals surface area contributed by atoms with E-state index < -0.39 is 12.2 Å². The summed E-state index contributed by atoms with van der Waals surface area (Å²) in [5.41, 5.74) is 0. The van der Waals surface area contributed by atoms with Crippen molar-refractivity contribution in [2.45, 2.75) is 37.5 Å². The van der Waals surface area contributed by atoms with Crippen LogP contribution in [-0.2, 0) is 9.59 Å². The van der Waals surface area contributed by atoms with Gasteiger partial charge in [-0.25, -0.2) is 4.39 Å². The molecule has 6 nitrogen and oxygen atoms in total. The van der Waals surface area contributed by atoms with Gasteiger partial charge in [0.05, 0.1) is 19.2 Å². The number of alkyl halides is 1. The topological polar surface area (TPSA) is 76.4 Å². The number of nitrogens with zero attached hydrogens (tertiary/aromatic N) is 3. The summed E-state index contributed by atoms with van der Waals surface area (Å²) in [5.74, 6) is -0.227. The van der Waals surface area contributed by atoms with Crippen LogP contribution in [0.3, 0.4) is 0 Å². The third-order valence-corrected chi connectivity index (χ3v) is 3.94. The van der Waals surface area contributed by atoms with Gasteiger partial charge in [-0.3, -0.25) is 9.59 Å². The maximum atomic E-state index is 13.2. The molecule has 0 aromatic heterocycles. The third-order valence-electron chi connectivity index (χ3n) is 3.94. The summed E-state index contributed by atoms with van der Waals surface area (Å²) in [6.07, 6.45) is 1.46. The molecule has 2 amide bonds. The highest BCUT2D eigenvalue weighted by molar-refractivity contribution is 5.79. The minimum absolute atomic E-state index is 0.0162. The highest BCUT2D eigenvalue weighted by Crippen LogP contribution is 2.19. The first-order valence-corrected chi connectivity index (χ1v) is 6.90. The van der Waals surface area contributed by atoms with E-state index in [0.717, 1.165) is 19.3 Å². The van der Waals surface area contributed by atoms with Crippen molar-refractivity contribution in [2.24, 2.45) is 0 Å². The quantitative estimate of drug-likeness (QED) is 0.716. The number of halogens is 1. The lowest BCUT2D eigenvalue weighted by atomic mass is 10.1. The molecular weight excluding hydrogens is 263 g/mol. The van der Waals surface area contributed by atoms with Crippen LogP contribution in [-0.4, -0.2) is 66.6 Å². The van der Waals surface area contributed by atoms with Crippen LogP contribution in [0.1, 0.15) is 19.3 Å².